The van der Waals surface area contributed by atoms with E-state index in [-0.39, 0.29) is 5.75 Å². The summed E-state index contributed by atoms with van der Waals surface area (Å²) in [5.74, 6) is 0.104. The zero-order valence-electron chi connectivity index (χ0n) is 17.4. The molecular weight excluding hydrogens is 407 g/mol. The molecule has 0 radical (unpaired) electrons. The number of rotatable bonds is 5. The van der Waals surface area contributed by atoms with Crippen molar-refractivity contribution in [1.82, 2.24) is 9.88 Å². The van der Waals surface area contributed by atoms with Crippen molar-refractivity contribution in [3.8, 4) is 17.2 Å². The van der Waals surface area contributed by atoms with E-state index in [1.165, 1.54) is 41.1 Å². The summed E-state index contributed by atoms with van der Waals surface area (Å²) in [5, 5.41) is 0. The van der Waals surface area contributed by atoms with Gasteiger partial charge in [0.2, 0.25) is 5.89 Å². The van der Waals surface area contributed by atoms with E-state index in [4.69, 9.17) is 4.42 Å². The SMILES string of the molecule is Cc1ccc(N2CCN(Cc3coc(-c4ccc(OC(F)(F)F)cc4)n3)CC2)c(C)c1. The highest BCUT2D eigenvalue weighted by atomic mass is 19.4. The van der Waals surface area contributed by atoms with Crippen molar-refractivity contribution >= 4 is 5.69 Å². The molecule has 0 atom stereocenters. The van der Waals surface area contributed by atoms with Crippen LogP contribution < -0.4 is 9.64 Å². The van der Waals surface area contributed by atoms with E-state index in [2.05, 4.69) is 51.6 Å². The van der Waals surface area contributed by atoms with Crippen molar-refractivity contribution in [2.45, 2.75) is 26.8 Å². The smallest absolute Gasteiger partial charge is 0.444 e. The molecule has 1 aliphatic rings. The van der Waals surface area contributed by atoms with E-state index in [0.717, 1.165) is 31.9 Å². The van der Waals surface area contributed by atoms with Crippen LogP contribution in [-0.2, 0) is 6.54 Å². The molecule has 164 valence electrons. The molecule has 0 unspecified atom stereocenters. The number of ether oxygens (including phenoxy) is 1. The lowest BCUT2D eigenvalue weighted by Gasteiger charge is -2.36. The van der Waals surface area contributed by atoms with Crippen molar-refractivity contribution in [2.75, 3.05) is 31.1 Å². The lowest BCUT2D eigenvalue weighted by atomic mass is 10.1. The molecule has 0 amide bonds. The van der Waals surface area contributed by atoms with E-state index in [0.29, 0.717) is 18.0 Å². The van der Waals surface area contributed by atoms with Crippen LogP contribution >= 0.6 is 0 Å². The van der Waals surface area contributed by atoms with Gasteiger partial charge in [0, 0.05) is 44.0 Å². The highest BCUT2D eigenvalue weighted by molar-refractivity contribution is 5.55. The second-order valence-corrected chi connectivity index (χ2v) is 7.77. The minimum absolute atomic E-state index is 0.273. The van der Waals surface area contributed by atoms with Crippen LogP contribution in [0.3, 0.4) is 0 Å². The number of aryl methyl sites for hydroxylation is 2. The number of nitrogens with zero attached hydrogens (tertiary/aromatic N) is 3. The molecule has 1 saturated heterocycles. The van der Waals surface area contributed by atoms with Gasteiger partial charge < -0.3 is 14.1 Å². The molecule has 0 bridgehead atoms. The Bertz CT molecular complexity index is 1020. The van der Waals surface area contributed by atoms with Crippen LogP contribution in [0, 0.1) is 13.8 Å². The first-order chi connectivity index (χ1) is 14.8. The van der Waals surface area contributed by atoms with Gasteiger partial charge in [-0.3, -0.25) is 4.90 Å². The lowest BCUT2D eigenvalue weighted by Crippen LogP contribution is -2.46. The van der Waals surface area contributed by atoms with E-state index >= 15 is 0 Å². The Morgan fingerprint density at radius 3 is 2.35 bits per heavy atom. The molecule has 3 aromatic rings. The Morgan fingerprint density at radius 1 is 1.00 bits per heavy atom. The van der Waals surface area contributed by atoms with Gasteiger partial charge in [-0.2, -0.15) is 0 Å². The monoisotopic (exact) mass is 431 g/mol. The maximum atomic E-state index is 12.3. The highest BCUT2D eigenvalue weighted by Crippen LogP contribution is 2.27. The first kappa shape index (κ1) is 21.2. The summed E-state index contributed by atoms with van der Waals surface area (Å²) in [6, 6.07) is 12.0. The average molecular weight is 431 g/mol. The Labute approximate surface area is 179 Å². The molecule has 0 saturated carbocycles. The zero-order valence-corrected chi connectivity index (χ0v) is 17.4. The van der Waals surface area contributed by atoms with Crippen LogP contribution in [0.4, 0.5) is 18.9 Å². The third-order valence-corrected chi connectivity index (χ3v) is 5.34. The third kappa shape index (κ3) is 5.38. The molecule has 2 aromatic carbocycles. The molecule has 1 aromatic heterocycles. The standard InChI is InChI=1S/C23H24F3N3O2/c1-16-3-8-21(17(2)13-16)29-11-9-28(10-12-29)14-19-15-30-22(27-19)18-4-6-20(7-5-18)31-23(24,25)26/h3-8,13,15H,9-12,14H2,1-2H3. The van der Waals surface area contributed by atoms with Crippen LogP contribution in [-0.4, -0.2) is 42.4 Å². The fourth-order valence-electron chi connectivity index (χ4n) is 3.85. The molecule has 2 heterocycles. The van der Waals surface area contributed by atoms with E-state index < -0.39 is 6.36 Å². The van der Waals surface area contributed by atoms with Crippen molar-refractivity contribution in [3.05, 3.63) is 65.5 Å². The van der Waals surface area contributed by atoms with Crippen molar-refractivity contribution in [3.63, 3.8) is 0 Å². The largest absolute Gasteiger partial charge is 0.573 e. The number of benzene rings is 2. The Balaban J connectivity index is 1.33. The van der Waals surface area contributed by atoms with Gasteiger partial charge in [0.25, 0.3) is 0 Å². The molecular formula is C23H24F3N3O2. The molecule has 31 heavy (non-hydrogen) atoms. The summed E-state index contributed by atoms with van der Waals surface area (Å²) < 4.78 is 46.3. The maximum absolute atomic E-state index is 12.3. The van der Waals surface area contributed by atoms with Crippen molar-refractivity contribution in [1.29, 1.82) is 0 Å². The normalized spacial score (nSPS) is 15.3. The Kier molecular flexibility index (Phi) is 5.91. The van der Waals surface area contributed by atoms with E-state index in [1.54, 1.807) is 6.26 Å². The van der Waals surface area contributed by atoms with Gasteiger partial charge >= 0.3 is 6.36 Å². The molecule has 1 fully saturated rings. The number of piperazine rings is 1. The summed E-state index contributed by atoms with van der Waals surface area (Å²) in [6.45, 7) is 8.63. The average Bonchev–Trinajstić information content (AvgIpc) is 3.17. The van der Waals surface area contributed by atoms with Gasteiger partial charge in [-0.05, 0) is 49.7 Å². The van der Waals surface area contributed by atoms with Crippen LogP contribution in [0.5, 0.6) is 5.75 Å². The quantitative estimate of drug-likeness (QED) is 0.557. The number of anilines is 1. The molecule has 8 heteroatoms. The molecule has 5 nitrogen and oxygen atoms in total. The van der Waals surface area contributed by atoms with Crippen LogP contribution in [0.25, 0.3) is 11.5 Å². The number of oxazole rings is 1. The molecule has 0 aliphatic carbocycles. The summed E-state index contributed by atoms with van der Waals surface area (Å²) in [4.78, 5) is 9.22. The highest BCUT2D eigenvalue weighted by Gasteiger charge is 2.31. The number of alkyl halides is 3. The maximum Gasteiger partial charge on any atom is 0.573 e. The van der Waals surface area contributed by atoms with Crippen LogP contribution in [0.15, 0.2) is 53.1 Å². The second kappa shape index (κ2) is 8.63. The van der Waals surface area contributed by atoms with Crippen LogP contribution in [0.2, 0.25) is 0 Å². The van der Waals surface area contributed by atoms with E-state index in [1.807, 2.05) is 0 Å². The zero-order chi connectivity index (χ0) is 22.0. The first-order valence-corrected chi connectivity index (χ1v) is 10.1. The summed E-state index contributed by atoms with van der Waals surface area (Å²) >= 11 is 0. The third-order valence-electron chi connectivity index (χ3n) is 5.34. The molecule has 0 N–H and O–H groups in total. The molecule has 4 rings (SSSR count). The van der Waals surface area contributed by atoms with Crippen LogP contribution in [0.1, 0.15) is 16.8 Å². The predicted molar refractivity (Wildman–Crippen MR) is 112 cm³/mol. The Hall–Kier alpha value is -3.00. The van der Waals surface area contributed by atoms with Crippen molar-refractivity contribution < 1.29 is 22.3 Å². The predicted octanol–water partition coefficient (Wildman–Crippen LogP) is 5.18. The van der Waals surface area contributed by atoms with Gasteiger partial charge in [0.1, 0.15) is 12.0 Å². The van der Waals surface area contributed by atoms with Gasteiger partial charge in [-0.15, -0.1) is 13.2 Å². The van der Waals surface area contributed by atoms with Crippen molar-refractivity contribution in [2.24, 2.45) is 0 Å². The summed E-state index contributed by atoms with van der Waals surface area (Å²) in [7, 11) is 0. The number of halogens is 3. The fraction of sp³-hybridized carbons (Fsp3) is 0.348. The second-order valence-electron chi connectivity index (χ2n) is 7.77. The minimum atomic E-state index is -4.71. The number of hydrogen-bond donors (Lipinski definition) is 0. The molecule has 1 aliphatic heterocycles. The van der Waals surface area contributed by atoms with Gasteiger partial charge in [0.15, 0.2) is 0 Å². The summed E-state index contributed by atoms with van der Waals surface area (Å²) in [6.07, 6.45) is -3.11. The van der Waals surface area contributed by atoms with Gasteiger partial charge in [-0.1, -0.05) is 17.7 Å². The van der Waals surface area contributed by atoms with Gasteiger partial charge in [-0.25, -0.2) is 4.98 Å². The van der Waals surface area contributed by atoms with E-state index in [9.17, 15) is 13.2 Å². The molecule has 0 spiro atoms. The number of aromatic nitrogens is 1. The fourth-order valence-corrected chi connectivity index (χ4v) is 3.85. The Morgan fingerprint density at radius 2 is 1.71 bits per heavy atom. The first-order valence-electron chi connectivity index (χ1n) is 10.1. The van der Waals surface area contributed by atoms with Gasteiger partial charge in [0.05, 0.1) is 5.69 Å². The summed E-state index contributed by atoms with van der Waals surface area (Å²) in [5.41, 5.74) is 5.24. The lowest BCUT2D eigenvalue weighted by molar-refractivity contribution is -0.274. The number of hydrogen-bond acceptors (Lipinski definition) is 5. The topological polar surface area (TPSA) is 41.7 Å². The minimum Gasteiger partial charge on any atom is -0.444 e.